The molecule has 1 aromatic carbocycles. The van der Waals surface area contributed by atoms with Crippen LogP contribution in [0, 0.1) is 5.41 Å². The van der Waals surface area contributed by atoms with E-state index in [-0.39, 0.29) is 5.41 Å². The molecule has 0 radical (unpaired) electrons. The van der Waals surface area contributed by atoms with E-state index < -0.39 is 0 Å². The van der Waals surface area contributed by atoms with Gasteiger partial charge in [-0.1, -0.05) is 27.7 Å². The van der Waals surface area contributed by atoms with Gasteiger partial charge in [-0.05, 0) is 30.9 Å². The van der Waals surface area contributed by atoms with Gasteiger partial charge in [0.25, 0.3) is 0 Å². The third-order valence-electron chi connectivity index (χ3n) is 3.70. The molecule has 0 bridgehead atoms. The number of anilines is 2. The zero-order valence-corrected chi connectivity index (χ0v) is 13.2. The summed E-state index contributed by atoms with van der Waals surface area (Å²) in [5.41, 5.74) is 8.02. The van der Waals surface area contributed by atoms with E-state index in [0.717, 1.165) is 17.9 Å². The highest BCUT2D eigenvalue weighted by atomic mass is 16.5. The molecular weight excluding hydrogens is 236 g/mol. The summed E-state index contributed by atoms with van der Waals surface area (Å²) in [6, 6.07) is 6.44. The van der Waals surface area contributed by atoms with Crippen molar-refractivity contribution in [2.75, 3.05) is 24.3 Å². The molecule has 1 aromatic rings. The highest BCUT2D eigenvalue weighted by Crippen LogP contribution is 2.32. The van der Waals surface area contributed by atoms with Crippen LogP contribution in [0.1, 0.15) is 41.0 Å². The fourth-order valence-corrected chi connectivity index (χ4v) is 1.88. The molecule has 0 aliphatic heterocycles. The zero-order chi connectivity index (χ0) is 14.6. The van der Waals surface area contributed by atoms with Crippen molar-refractivity contribution in [2.24, 2.45) is 5.41 Å². The maximum absolute atomic E-state index is 5.95. The SMILES string of the molecule is CCCOc1cc(N(C)C(C)C(C)(C)C)ccc1N. The molecule has 0 aromatic heterocycles. The second-order valence-electron chi connectivity index (χ2n) is 6.22. The Kier molecular flexibility index (Phi) is 5.10. The smallest absolute Gasteiger partial charge is 0.144 e. The molecular formula is C16H28N2O. The Balaban J connectivity index is 2.95. The lowest BCUT2D eigenvalue weighted by Crippen LogP contribution is -2.39. The van der Waals surface area contributed by atoms with Gasteiger partial charge in [-0.3, -0.25) is 0 Å². The minimum absolute atomic E-state index is 0.223. The Bertz CT molecular complexity index is 410. The molecule has 19 heavy (non-hydrogen) atoms. The second kappa shape index (κ2) is 6.18. The van der Waals surface area contributed by atoms with Crippen LogP contribution >= 0.6 is 0 Å². The molecule has 0 fully saturated rings. The molecule has 0 saturated carbocycles. The third kappa shape index (κ3) is 4.05. The number of ether oxygens (including phenoxy) is 1. The van der Waals surface area contributed by atoms with Gasteiger partial charge in [-0.2, -0.15) is 0 Å². The largest absolute Gasteiger partial charge is 0.491 e. The molecule has 1 rings (SSSR count). The summed E-state index contributed by atoms with van der Waals surface area (Å²) in [4.78, 5) is 2.28. The van der Waals surface area contributed by atoms with Crippen LogP contribution in [-0.4, -0.2) is 19.7 Å². The van der Waals surface area contributed by atoms with Crippen LogP contribution in [0.25, 0.3) is 0 Å². The third-order valence-corrected chi connectivity index (χ3v) is 3.70. The number of benzene rings is 1. The van der Waals surface area contributed by atoms with Crippen molar-refractivity contribution in [1.29, 1.82) is 0 Å². The van der Waals surface area contributed by atoms with Gasteiger partial charge in [-0.25, -0.2) is 0 Å². The average Bonchev–Trinajstić information content (AvgIpc) is 2.35. The highest BCUT2D eigenvalue weighted by Gasteiger charge is 2.24. The standard InChI is InChI=1S/C16H28N2O/c1-7-10-19-15-11-13(8-9-14(15)17)18(6)12(2)16(3,4)5/h8-9,11-12H,7,10,17H2,1-6H3. The first-order valence-corrected chi connectivity index (χ1v) is 7.02. The summed E-state index contributed by atoms with van der Waals surface area (Å²) in [6.45, 7) is 11.8. The number of hydrogen-bond acceptors (Lipinski definition) is 3. The lowest BCUT2D eigenvalue weighted by Gasteiger charge is -2.37. The second-order valence-corrected chi connectivity index (χ2v) is 6.22. The van der Waals surface area contributed by atoms with Crippen LogP contribution in [-0.2, 0) is 0 Å². The maximum atomic E-state index is 5.95. The first-order chi connectivity index (χ1) is 8.77. The van der Waals surface area contributed by atoms with E-state index in [1.807, 2.05) is 12.1 Å². The first-order valence-electron chi connectivity index (χ1n) is 7.02. The van der Waals surface area contributed by atoms with Gasteiger partial charge in [0, 0.05) is 24.8 Å². The monoisotopic (exact) mass is 264 g/mol. The number of rotatable bonds is 5. The van der Waals surface area contributed by atoms with Crippen LogP contribution < -0.4 is 15.4 Å². The molecule has 0 saturated heterocycles. The van der Waals surface area contributed by atoms with E-state index in [2.05, 4.69) is 52.6 Å². The molecule has 0 aliphatic carbocycles. The van der Waals surface area contributed by atoms with Crippen molar-refractivity contribution in [3.8, 4) is 5.75 Å². The molecule has 0 amide bonds. The summed E-state index contributed by atoms with van der Waals surface area (Å²) in [7, 11) is 2.12. The summed E-state index contributed by atoms with van der Waals surface area (Å²) < 4.78 is 5.69. The zero-order valence-electron chi connectivity index (χ0n) is 13.2. The Labute approximate surface area is 117 Å². The van der Waals surface area contributed by atoms with Crippen LogP contribution in [0.2, 0.25) is 0 Å². The van der Waals surface area contributed by atoms with Crippen LogP contribution in [0.5, 0.6) is 5.75 Å². The van der Waals surface area contributed by atoms with Gasteiger partial charge >= 0.3 is 0 Å². The molecule has 2 N–H and O–H groups in total. The minimum Gasteiger partial charge on any atom is -0.491 e. The van der Waals surface area contributed by atoms with Crippen molar-refractivity contribution in [1.82, 2.24) is 0 Å². The highest BCUT2D eigenvalue weighted by molar-refractivity contribution is 5.62. The van der Waals surface area contributed by atoms with E-state index in [1.54, 1.807) is 0 Å². The van der Waals surface area contributed by atoms with E-state index >= 15 is 0 Å². The summed E-state index contributed by atoms with van der Waals surface area (Å²) in [5, 5.41) is 0. The predicted molar refractivity (Wildman–Crippen MR) is 84.0 cm³/mol. The van der Waals surface area contributed by atoms with Crippen molar-refractivity contribution in [3.05, 3.63) is 18.2 Å². The molecule has 108 valence electrons. The Morgan fingerprint density at radius 3 is 2.47 bits per heavy atom. The van der Waals surface area contributed by atoms with Crippen LogP contribution in [0.4, 0.5) is 11.4 Å². The molecule has 1 atom stereocenters. The van der Waals surface area contributed by atoms with Crippen molar-refractivity contribution < 1.29 is 4.74 Å². The first kappa shape index (κ1) is 15.7. The van der Waals surface area contributed by atoms with E-state index in [9.17, 15) is 0 Å². The van der Waals surface area contributed by atoms with E-state index in [1.165, 1.54) is 0 Å². The molecule has 0 heterocycles. The molecule has 1 unspecified atom stereocenters. The van der Waals surface area contributed by atoms with Crippen molar-refractivity contribution in [2.45, 2.75) is 47.1 Å². The summed E-state index contributed by atoms with van der Waals surface area (Å²) in [6.07, 6.45) is 0.984. The van der Waals surface area contributed by atoms with Gasteiger partial charge in [-0.15, -0.1) is 0 Å². The van der Waals surface area contributed by atoms with Crippen molar-refractivity contribution >= 4 is 11.4 Å². The molecule has 3 nitrogen and oxygen atoms in total. The average molecular weight is 264 g/mol. The number of nitrogens with zero attached hydrogens (tertiary/aromatic N) is 1. The van der Waals surface area contributed by atoms with Gasteiger partial charge in [0.1, 0.15) is 5.75 Å². The van der Waals surface area contributed by atoms with Crippen molar-refractivity contribution in [3.63, 3.8) is 0 Å². The molecule has 0 aliphatic rings. The van der Waals surface area contributed by atoms with E-state index in [0.29, 0.717) is 18.3 Å². The van der Waals surface area contributed by atoms with Gasteiger partial charge < -0.3 is 15.4 Å². The fraction of sp³-hybridized carbons (Fsp3) is 0.625. The lowest BCUT2D eigenvalue weighted by molar-refractivity contribution is 0.317. The normalized spacial score (nSPS) is 13.2. The quantitative estimate of drug-likeness (QED) is 0.819. The topological polar surface area (TPSA) is 38.5 Å². The number of hydrogen-bond donors (Lipinski definition) is 1. The Hall–Kier alpha value is -1.38. The Morgan fingerprint density at radius 1 is 1.32 bits per heavy atom. The minimum atomic E-state index is 0.223. The lowest BCUT2D eigenvalue weighted by atomic mass is 9.87. The van der Waals surface area contributed by atoms with Crippen LogP contribution in [0.3, 0.4) is 0 Å². The predicted octanol–water partition coefficient (Wildman–Crippen LogP) is 3.93. The summed E-state index contributed by atoms with van der Waals surface area (Å²) >= 11 is 0. The van der Waals surface area contributed by atoms with Gasteiger partial charge in [0.15, 0.2) is 0 Å². The maximum Gasteiger partial charge on any atom is 0.144 e. The van der Waals surface area contributed by atoms with Gasteiger partial charge in [0.05, 0.1) is 12.3 Å². The fourth-order valence-electron chi connectivity index (χ4n) is 1.88. The molecule has 3 heteroatoms. The van der Waals surface area contributed by atoms with Crippen LogP contribution in [0.15, 0.2) is 18.2 Å². The molecule has 0 spiro atoms. The number of nitrogens with two attached hydrogens (primary N) is 1. The summed E-state index contributed by atoms with van der Waals surface area (Å²) in [5.74, 6) is 0.785. The van der Waals surface area contributed by atoms with E-state index in [4.69, 9.17) is 10.5 Å². The van der Waals surface area contributed by atoms with Gasteiger partial charge in [0.2, 0.25) is 0 Å². The Morgan fingerprint density at radius 2 is 1.95 bits per heavy atom. The number of nitrogen functional groups attached to an aromatic ring is 1.